The standard InChI is InChI=1S/C27H31FN2O5/c28-19-4-6-20(7-5-19)33-12-11-26(31)30-23(16-29-22-9-2-17-1-8-21(17)22)27(32)18-3-10-24-25(15-18)35-14-13-34-24/h3-7,10,15,17,21,23,27,32H,1-2,8-9,11-14,16H2,(H,30,31). The maximum atomic E-state index is 13.1. The van der Waals surface area contributed by atoms with Crippen molar-refractivity contribution in [3.63, 3.8) is 0 Å². The molecular weight excluding hydrogens is 451 g/mol. The highest BCUT2D eigenvalue weighted by Gasteiger charge is 2.39. The van der Waals surface area contributed by atoms with Crippen LogP contribution in [-0.4, -0.2) is 49.1 Å². The normalized spacial score (nSPS) is 23.2. The smallest absolute Gasteiger partial charge is 0.223 e. The minimum Gasteiger partial charge on any atom is -0.493 e. The lowest BCUT2D eigenvalue weighted by molar-refractivity contribution is -0.123. The molecule has 8 heteroatoms. The molecule has 0 radical (unpaired) electrons. The van der Waals surface area contributed by atoms with Crippen LogP contribution < -0.4 is 19.5 Å². The molecule has 5 rings (SSSR count). The van der Waals surface area contributed by atoms with Crippen molar-refractivity contribution < 1.29 is 28.5 Å². The Morgan fingerprint density at radius 3 is 2.66 bits per heavy atom. The van der Waals surface area contributed by atoms with Gasteiger partial charge in [-0.2, -0.15) is 0 Å². The molecule has 0 bridgehead atoms. The fourth-order valence-electron chi connectivity index (χ4n) is 5.06. The minimum absolute atomic E-state index is 0.100. The van der Waals surface area contributed by atoms with Crippen molar-refractivity contribution >= 4 is 11.6 Å². The lowest BCUT2D eigenvalue weighted by Gasteiger charge is -2.30. The van der Waals surface area contributed by atoms with Gasteiger partial charge >= 0.3 is 0 Å². The molecule has 35 heavy (non-hydrogen) atoms. The molecule has 0 saturated heterocycles. The first-order valence-corrected chi connectivity index (χ1v) is 12.4. The van der Waals surface area contributed by atoms with Crippen molar-refractivity contribution in [1.29, 1.82) is 0 Å². The summed E-state index contributed by atoms with van der Waals surface area (Å²) in [6, 6.07) is 10.4. The molecule has 0 aromatic heterocycles. The number of nitrogens with one attached hydrogen (secondary N) is 1. The highest BCUT2D eigenvalue weighted by atomic mass is 19.1. The third-order valence-corrected chi connectivity index (χ3v) is 7.15. The molecule has 2 saturated carbocycles. The molecule has 2 N–H and O–H groups in total. The van der Waals surface area contributed by atoms with E-state index < -0.39 is 12.1 Å². The Kier molecular flexibility index (Phi) is 7.18. The van der Waals surface area contributed by atoms with Gasteiger partial charge in [0.15, 0.2) is 11.5 Å². The summed E-state index contributed by atoms with van der Waals surface area (Å²) in [7, 11) is 0. The second-order valence-electron chi connectivity index (χ2n) is 9.39. The minimum atomic E-state index is -0.962. The summed E-state index contributed by atoms with van der Waals surface area (Å²) in [5, 5.41) is 14.2. The number of nitrogens with zero attached hydrogens (tertiary/aromatic N) is 1. The molecule has 1 heterocycles. The molecule has 2 aromatic rings. The van der Waals surface area contributed by atoms with Crippen LogP contribution in [0.5, 0.6) is 17.2 Å². The van der Waals surface area contributed by atoms with E-state index in [0.717, 1.165) is 12.3 Å². The number of carbonyl (C=O) groups is 1. The molecule has 0 spiro atoms. The Hall–Kier alpha value is -3.13. The topological polar surface area (TPSA) is 89.4 Å². The second-order valence-corrected chi connectivity index (χ2v) is 9.39. The lowest BCUT2D eigenvalue weighted by Crippen LogP contribution is -2.42. The Balaban J connectivity index is 1.24. The number of aliphatic hydroxyl groups is 1. The molecule has 2 fully saturated rings. The number of amides is 1. The van der Waals surface area contributed by atoms with Gasteiger partial charge < -0.3 is 24.6 Å². The van der Waals surface area contributed by atoms with E-state index in [-0.39, 0.29) is 24.8 Å². The molecule has 3 aliphatic rings. The van der Waals surface area contributed by atoms with Crippen LogP contribution in [0, 0.1) is 17.7 Å². The number of rotatable bonds is 9. The van der Waals surface area contributed by atoms with E-state index >= 15 is 0 Å². The number of aliphatic hydroxyl groups excluding tert-OH is 1. The Bertz CT molecular complexity index is 1070. The number of fused-ring (bicyclic) bond motifs is 2. The highest BCUT2D eigenvalue weighted by Crippen LogP contribution is 2.45. The predicted molar refractivity (Wildman–Crippen MR) is 129 cm³/mol. The summed E-state index contributed by atoms with van der Waals surface area (Å²) in [6.45, 7) is 1.39. The quantitative estimate of drug-likeness (QED) is 0.567. The largest absolute Gasteiger partial charge is 0.493 e. The van der Waals surface area contributed by atoms with E-state index in [0.29, 0.717) is 48.5 Å². The van der Waals surface area contributed by atoms with Crippen molar-refractivity contribution in [3.05, 3.63) is 53.8 Å². The monoisotopic (exact) mass is 482 g/mol. The molecule has 1 aliphatic heterocycles. The third kappa shape index (κ3) is 5.59. The Labute approximate surface area is 204 Å². The molecule has 4 unspecified atom stereocenters. The average Bonchev–Trinajstić information content (AvgIpc) is 3.14. The van der Waals surface area contributed by atoms with Gasteiger partial charge in [0.2, 0.25) is 5.91 Å². The zero-order chi connectivity index (χ0) is 24.2. The summed E-state index contributed by atoms with van der Waals surface area (Å²) < 4.78 is 29.8. The molecule has 186 valence electrons. The first kappa shape index (κ1) is 23.6. The van der Waals surface area contributed by atoms with E-state index in [1.54, 1.807) is 18.2 Å². The van der Waals surface area contributed by atoms with Gasteiger partial charge in [0.25, 0.3) is 0 Å². The van der Waals surface area contributed by atoms with Gasteiger partial charge in [0.1, 0.15) is 30.9 Å². The number of hydrogen-bond acceptors (Lipinski definition) is 6. The van der Waals surface area contributed by atoms with Crippen LogP contribution in [0.25, 0.3) is 0 Å². The number of halogens is 1. The number of benzene rings is 2. The zero-order valence-corrected chi connectivity index (χ0v) is 19.6. The van der Waals surface area contributed by atoms with Gasteiger partial charge in [-0.15, -0.1) is 0 Å². The number of aliphatic imine (C=N–C) groups is 1. The van der Waals surface area contributed by atoms with Crippen molar-refractivity contribution in [3.8, 4) is 17.2 Å². The van der Waals surface area contributed by atoms with Gasteiger partial charge in [0.05, 0.1) is 25.6 Å². The second kappa shape index (κ2) is 10.6. The van der Waals surface area contributed by atoms with E-state index in [2.05, 4.69) is 5.32 Å². The number of ether oxygens (including phenoxy) is 3. The van der Waals surface area contributed by atoms with Gasteiger partial charge in [-0.05, 0) is 79.5 Å². The summed E-state index contributed by atoms with van der Waals surface area (Å²) in [6.07, 6.45) is 3.79. The molecule has 2 aromatic carbocycles. The maximum Gasteiger partial charge on any atom is 0.223 e. The third-order valence-electron chi connectivity index (χ3n) is 7.15. The Morgan fingerprint density at radius 1 is 1.11 bits per heavy atom. The number of hydrogen-bond donors (Lipinski definition) is 2. The Morgan fingerprint density at radius 2 is 1.91 bits per heavy atom. The first-order valence-electron chi connectivity index (χ1n) is 12.4. The molecule has 4 atom stereocenters. The van der Waals surface area contributed by atoms with Gasteiger partial charge in [-0.3, -0.25) is 9.79 Å². The van der Waals surface area contributed by atoms with Crippen molar-refractivity contribution in [1.82, 2.24) is 5.32 Å². The first-order chi connectivity index (χ1) is 17.1. The van der Waals surface area contributed by atoms with Crippen LogP contribution in [0.1, 0.15) is 43.8 Å². The summed E-state index contributed by atoms with van der Waals surface area (Å²) in [4.78, 5) is 17.6. The van der Waals surface area contributed by atoms with Crippen molar-refractivity contribution in [2.24, 2.45) is 16.8 Å². The van der Waals surface area contributed by atoms with E-state index in [1.165, 1.54) is 49.2 Å². The van der Waals surface area contributed by atoms with Crippen LogP contribution >= 0.6 is 0 Å². The van der Waals surface area contributed by atoms with E-state index in [1.807, 2.05) is 0 Å². The van der Waals surface area contributed by atoms with E-state index in [4.69, 9.17) is 19.2 Å². The van der Waals surface area contributed by atoms with Crippen LogP contribution in [0.2, 0.25) is 0 Å². The number of carbonyl (C=O) groups excluding carboxylic acids is 1. The highest BCUT2D eigenvalue weighted by molar-refractivity contribution is 5.90. The fraction of sp³-hybridized carbons (Fsp3) is 0.481. The van der Waals surface area contributed by atoms with Gasteiger partial charge in [-0.1, -0.05) is 6.07 Å². The average molecular weight is 483 g/mol. The molecule has 1 amide bonds. The van der Waals surface area contributed by atoms with Crippen LogP contribution in [0.4, 0.5) is 4.39 Å². The van der Waals surface area contributed by atoms with Gasteiger partial charge in [0, 0.05) is 5.71 Å². The summed E-state index contributed by atoms with van der Waals surface area (Å²) in [5.41, 5.74) is 1.85. The summed E-state index contributed by atoms with van der Waals surface area (Å²) in [5.74, 6) is 2.47. The molecule has 2 aliphatic carbocycles. The maximum absolute atomic E-state index is 13.1. The fourth-order valence-corrected chi connectivity index (χ4v) is 5.06. The van der Waals surface area contributed by atoms with Crippen molar-refractivity contribution in [2.75, 3.05) is 26.4 Å². The van der Waals surface area contributed by atoms with Crippen LogP contribution in [0.15, 0.2) is 47.5 Å². The lowest BCUT2D eigenvalue weighted by atomic mass is 9.76. The van der Waals surface area contributed by atoms with Crippen molar-refractivity contribution in [2.45, 2.75) is 44.2 Å². The van der Waals surface area contributed by atoms with Crippen LogP contribution in [-0.2, 0) is 4.79 Å². The van der Waals surface area contributed by atoms with Crippen LogP contribution in [0.3, 0.4) is 0 Å². The SMILES string of the molecule is O=C(CCOc1ccc(F)cc1)NC(CN=C1CCC2CCC12)C(O)c1ccc2c(c1)OCCO2. The predicted octanol–water partition coefficient (Wildman–Crippen LogP) is 3.85. The molecular formula is C27H31FN2O5. The van der Waals surface area contributed by atoms with E-state index in [9.17, 15) is 14.3 Å². The van der Waals surface area contributed by atoms with Gasteiger partial charge in [-0.25, -0.2) is 4.39 Å². The molecule has 7 nitrogen and oxygen atoms in total. The zero-order valence-electron chi connectivity index (χ0n) is 19.6. The summed E-state index contributed by atoms with van der Waals surface area (Å²) >= 11 is 0.